The standard InChI is InChI=1S/C28H21F3O5/c1-16-5-8-19(9-6-16)10-13-24(32)34-20-11-12-21-23(15-20)36-27(28(29,30)31)26(25(21)33)35-22-14-17(2)4-7-18(22)3/h4-15H,1-3H3/b13-10+. The van der Waals surface area contributed by atoms with Crippen molar-refractivity contribution in [1.29, 1.82) is 0 Å². The number of alkyl halides is 3. The Morgan fingerprint density at radius 2 is 1.61 bits per heavy atom. The maximum atomic E-state index is 13.8. The Morgan fingerprint density at radius 1 is 0.917 bits per heavy atom. The second-order valence-electron chi connectivity index (χ2n) is 8.28. The van der Waals surface area contributed by atoms with Crippen molar-refractivity contribution in [2.45, 2.75) is 26.9 Å². The molecule has 0 bridgehead atoms. The smallest absolute Gasteiger partial charge is 0.449 e. The minimum atomic E-state index is -5.01. The maximum Gasteiger partial charge on any atom is 0.453 e. The number of carbonyl (C=O) groups excluding carboxylic acids is 1. The quantitative estimate of drug-likeness (QED) is 0.168. The van der Waals surface area contributed by atoms with Crippen molar-refractivity contribution in [3.8, 4) is 17.2 Å². The number of hydrogen-bond donors (Lipinski definition) is 0. The molecule has 0 unspecified atom stereocenters. The summed E-state index contributed by atoms with van der Waals surface area (Å²) in [6.45, 7) is 5.33. The van der Waals surface area contributed by atoms with Gasteiger partial charge in [-0.05, 0) is 61.7 Å². The Bertz CT molecular complexity index is 1530. The Hall–Kier alpha value is -4.33. The van der Waals surface area contributed by atoms with Crippen molar-refractivity contribution in [3.63, 3.8) is 0 Å². The summed E-state index contributed by atoms with van der Waals surface area (Å²) in [5, 5.41) is -0.154. The highest BCUT2D eigenvalue weighted by atomic mass is 19.4. The van der Waals surface area contributed by atoms with E-state index in [9.17, 15) is 22.8 Å². The molecule has 3 aromatic carbocycles. The van der Waals surface area contributed by atoms with Crippen LogP contribution in [0.5, 0.6) is 17.2 Å². The molecule has 0 radical (unpaired) electrons. The van der Waals surface area contributed by atoms with Gasteiger partial charge in [-0.1, -0.05) is 42.0 Å². The van der Waals surface area contributed by atoms with Crippen molar-refractivity contribution in [3.05, 3.63) is 105 Å². The highest BCUT2D eigenvalue weighted by Crippen LogP contribution is 2.39. The summed E-state index contributed by atoms with van der Waals surface area (Å²) in [5.41, 5.74) is 1.74. The predicted molar refractivity (Wildman–Crippen MR) is 129 cm³/mol. The normalized spacial score (nSPS) is 11.7. The number of fused-ring (bicyclic) bond motifs is 1. The molecule has 36 heavy (non-hydrogen) atoms. The van der Waals surface area contributed by atoms with Crippen LogP contribution >= 0.6 is 0 Å². The number of aryl methyl sites for hydroxylation is 3. The number of halogens is 3. The zero-order valence-electron chi connectivity index (χ0n) is 19.6. The first-order valence-corrected chi connectivity index (χ1v) is 10.9. The van der Waals surface area contributed by atoms with E-state index in [1.54, 1.807) is 32.1 Å². The molecule has 4 rings (SSSR count). The summed E-state index contributed by atoms with van der Waals surface area (Å²) in [6, 6.07) is 16.0. The van der Waals surface area contributed by atoms with Crippen molar-refractivity contribution in [2.75, 3.05) is 0 Å². The van der Waals surface area contributed by atoms with E-state index in [1.165, 1.54) is 24.3 Å². The molecule has 0 aliphatic carbocycles. The van der Waals surface area contributed by atoms with Gasteiger partial charge in [0.25, 0.3) is 5.76 Å². The van der Waals surface area contributed by atoms with E-state index in [0.29, 0.717) is 5.56 Å². The van der Waals surface area contributed by atoms with Gasteiger partial charge in [-0.15, -0.1) is 0 Å². The topological polar surface area (TPSA) is 65.7 Å². The van der Waals surface area contributed by atoms with Crippen molar-refractivity contribution < 1.29 is 31.9 Å². The fourth-order valence-corrected chi connectivity index (χ4v) is 3.42. The van der Waals surface area contributed by atoms with Crippen LogP contribution in [-0.2, 0) is 11.0 Å². The first kappa shape index (κ1) is 24.8. The lowest BCUT2D eigenvalue weighted by Crippen LogP contribution is -2.16. The molecule has 0 N–H and O–H groups in total. The van der Waals surface area contributed by atoms with Gasteiger partial charge in [-0.25, -0.2) is 4.79 Å². The Kier molecular flexibility index (Phi) is 6.70. The van der Waals surface area contributed by atoms with Crippen LogP contribution in [0.1, 0.15) is 28.0 Å². The zero-order valence-corrected chi connectivity index (χ0v) is 19.6. The average molecular weight is 494 g/mol. The summed E-state index contributed by atoms with van der Waals surface area (Å²) in [5.74, 6) is -3.26. The lowest BCUT2D eigenvalue weighted by atomic mass is 10.1. The number of ether oxygens (including phenoxy) is 2. The van der Waals surface area contributed by atoms with E-state index in [0.717, 1.165) is 22.8 Å². The van der Waals surface area contributed by atoms with Crippen LogP contribution in [0.3, 0.4) is 0 Å². The summed E-state index contributed by atoms with van der Waals surface area (Å²) in [7, 11) is 0. The van der Waals surface area contributed by atoms with Crippen LogP contribution in [0.15, 0.2) is 76.0 Å². The zero-order chi connectivity index (χ0) is 26.0. The summed E-state index contributed by atoms with van der Waals surface area (Å²) in [6.07, 6.45) is -2.28. The number of rotatable bonds is 5. The van der Waals surface area contributed by atoms with Gasteiger partial charge in [0, 0.05) is 12.1 Å². The number of hydrogen-bond acceptors (Lipinski definition) is 5. The monoisotopic (exact) mass is 494 g/mol. The van der Waals surface area contributed by atoms with Gasteiger partial charge < -0.3 is 13.9 Å². The molecule has 0 atom stereocenters. The van der Waals surface area contributed by atoms with Crippen LogP contribution in [0.4, 0.5) is 13.2 Å². The first-order chi connectivity index (χ1) is 17.0. The highest BCUT2D eigenvalue weighted by Gasteiger charge is 2.40. The average Bonchev–Trinajstić information content (AvgIpc) is 2.82. The third-order valence-corrected chi connectivity index (χ3v) is 5.34. The van der Waals surface area contributed by atoms with Crippen LogP contribution in [0.2, 0.25) is 0 Å². The molecule has 0 saturated heterocycles. The molecule has 184 valence electrons. The Labute approximate surface area is 204 Å². The molecule has 0 aliphatic heterocycles. The highest BCUT2D eigenvalue weighted by molar-refractivity contribution is 5.89. The molecule has 0 amide bonds. The van der Waals surface area contributed by atoms with Gasteiger partial charge >= 0.3 is 12.1 Å². The molecule has 5 nitrogen and oxygen atoms in total. The molecule has 1 aromatic heterocycles. The third-order valence-electron chi connectivity index (χ3n) is 5.34. The van der Waals surface area contributed by atoms with Gasteiger partial charge in [0.1, 0.15) is 17.1 Å². The van der Waals surface area contributed by atoms with Gasteiger partial charge in [-0.3, -0.25) is 4.79 Å². The van der Waals surface area contributed by atoms with Gasteiger partial charge in [0.2, 0.25) is 11.2 Å². The maximum absolute atomic E-state index is 13.8. The van der Waals surface area contributed by atoms with E-state index >= 15 is 0 Å². The van der Waals surface area contributed by atoms with E-state index in [4.69, 9.17) is 13.9 Å². The summed E-state index contributed by atoms with van der Waals surface area (Å²) in [4.78, 5) is 25.2. The SMILES string of the molecule is Cc1ccc(/C=C/C(=O)Oc2ccc3c(=O)c(Oc4cc(C)ccc4C)c(C(F)(F)F)oc3c2)cc1. The molecule has 0 saturated carbocycles. The van der Waals surface area contributed by atoms with E-state index < -0.39 is 34.7 Å². The summed E-state index contributed by atoms with van der Waals surface area (Å²) < 4.78 is 57.2. The number of esters is 1. The molecule has 0 fully saturated rings. The first-order valence-electron chi connectivity index (χ1n) is 10.9. The molecule has 8 heteroatoms. The lowest BCUT2D eigenvalue weighted by molar-refractivity contribution is -0.154. The predicted octanol–water partition coefficient (Wildman–Crippen LogP) is 7.15. The fourth-order valence-electron chi connectivity index (χ4n) is 3.42. The largest absolute Gasteiger partial charge is 0.453 e. The minimum Gasteiger partial charge on any atom is -0.449 e. The lowest BCUT2D eigenvalue weighted by Gasteiger charge is -2.15. The van der Waals surface area contributed by atoms with E-state index in [-0.39, 0.29) is 16.9 Å². The molecular weight excluding hydrogens is 473 g/mol. The van der Waals surface area contributed by atoms with Crippen LogP contribution in [0, 0.1) is 20.8 Å². The molecule has 4 aromatic rings. The van der Waals surface area contributed by atoms with Crippen molar-refractivity contribution in [2.24, 2.45) is 0 Å². The van der Waals surface area contributed by atoms with E-state index in [1.807, 2.05) is 31.2 Å². The van der Waals surface area contributed by atoms with Crippen molar-refractivity contribution >= 4 is 23.0 Å². The van der Waals surface area contributed by atoms with Crippen LogP contribution < -0.4 is 14.9 Å². The second kappa shape index (κ2) is 9.73. The molecular formula is C28H21F3O5. The second-order valence-corrected chi connectivity index (χ2v) is 8.28. The molecule has 1 heterocycles. The van der Waals surface area contributed by atoms with Gasteiger partial charge in [-0.2, -0.15) is 13.2 Å². The third kappa shape index (κ3) is 5.49. The fraction of sp³-hybridized carbons (Fsp3) is 0.143. The number of carbonyl (C=O) groups is 1. The Morgan fingerprint density at radius 3 is 2.31 bits per heavy atom. The van der Waals surface area contributed by atoms with Gasteiger partial charge in [0.05, 0.1) is 5.39 Å². The minimum absolute atomic E-state index is 0.0828. The van der Waals surface area contributed by atoms with E-state index in [2.05, 4.69) is 0 Å². The van der Waals surface area contributed by atoms with Crippen LogP contribution in [0.25, 0.3) is 17.0 Å². The van der Waals surface area contributed by atoms with Crippen molar-refractivity contribution in [1.82, 2.24) is 0 Å². The molecule has 0 spiro atoms. The van der Waals surface area contributed by atoms with Gasteiger partial charge in [0.15, 0.2) is 0 Å². The Balaban J connectivity index is 1.68. The van der Waals surface area contributed by atoms with Crippen LogP contribution in [-0.4, -0.2) is 5.97 Å². The summed E-state index contributed by atoms with van der Waals surface area (Å²) >= 11 is 0. The molecule has 0 aliphatic rings. The number of benzene rings is 3.